The van der Waals surface area contributed by atoms with Gasteiger partial charge in [0.1, 0.15) is 6.29 Å². The van der Waals surface area contributed by atoms with Crippen molar-refractivity contribution in [2.45, 2.75) is 13.3 Å². The molecule has 0 spiro atoms. The lowest BCUT2D eigenvalue weighted by Gasteiger charge is -2.32. The molecule has 0 N–H and O–H groups in total. The number of rotatable bonds is 5. The van der Waals surface area contributed by atoms with Crippen LogP contribution < -0.4 is 4.90 Å². The van der Waals surface area contributed by atoms with Crippen molar-refractivity contribution < 1.29 is 9.53 Å². The molecule has 1 atom stereocenters. The summed E-state index contributed by atoms with van der Waals surface area (Å²) in [6.07, 6.45) is 1.91. The van der Waals surface area contributed by atoms with Gasteiger partial charge in [-0.05, 0) is 24.8 Å². The largest absolute Gasteiger partial charge is 0.380 e. The molecule has 1 aliphatic rings. The molecule has 0 amide bonds. The van der Waals surface area contributed by atoms with Crippen molar-refractivity contribution in [1.29, 1.82) is 0 Å². The van der Waals surface area contributed by atoms with Gasteiger partial charge >= 0.3 is 0 Å². The third kappa shape index (κ3) is 2.66. The second kappa shape index (κ2) is 5.86. The van der Waals surface area contributed by atoms with E-state index in [9.17, 15) is 4.79 Å². The first-order valence-corrected chi connectivity index (χ1v) is 7.55. The molecule has 21 heavy (non-hydrogen) atoms. The summed E-state index contributed by atoms with van der Waals surface area (Å²) in [5.74, 6) is 0. The molecule has 3 rings (SSSR count). The molecule has 3 heteroatoms. The van der Waals surface area contributed by atoms with Crippen molar-refractivity contribution in [3.8, 4) is 0 Å². The third-order valence-corrected chi connectivity index (χ3v) is 4.38. The fraction of sp³-hybridized carbons (Fsp3) is 0.389. The second-order valence-corrected chi connectivity index (χ2v) is 5.80. The van der Waals surface area contributed by atoms with Crippen molar-refractivity contribution in [1.82, 2.24) is 0 Å². The summed E-state index contributed by atoms with van der Waals surface area (Å²) in [6, 6.07) is 14.7. The monoisotopic (exact) mass is 283 g/mol. The van der Waals surface area contributed by atoms with E-state index in [1.54, 1.807) is 0 Å². The van der Waals surface area contributed by atoms with Gasteiger partial charge in [0.15, 0.2) is 0 Å². The second-order valence-electron chi connectivity index (χ2n) is 5.80. The molecule has 0 bridgehead atoms. The molecule has 0 aliphatic carbocycles. The molecule has 0 saturated carbocycles. The van der Waals surface area contributed by atoms with E-state index in [0.29, 0.717) is 13.2 Å². The molecule has 1 saturated heterocycles. The minimum absolute atomic E-state index is 0.354. The Morgan fingerprint density at radius 3 is 2.76 bits per heavy atom. The number of aldehydes is 1. The minimum Gasteiger partial charge on any atom is -0.380 e. The van der Waals surface area contributed by atoms with Gasteiger partial charge in [-0.2, -0.15) is 0 Å². The Bertz CT molecular complexity index is 627. The van der Waals surface area contributed by atoms with Crippen LogP contribution in [-0.4, -0.2) is 32.6 Å². The smallest absolute Gasteiger partial charge is 0.130 e. The number of anilines is 1. The average molecular weight is 283 g/mol. The zero-order valence-electron chi connectivity index (χ0n) is 12.4. The highest BCUT2D eigenvalue weighted by Crippen LogP contribution is 2.32. The van der Waals surface area contributed by atoms with Crippen molar-refractivity contribution >= 4 is 22.7 Å². The van der Waals surface area contributed by atoms with E-state index in [4.69, 9.17) is 4.74 Å². The summed E-state index contributed by atoms with van der Waals surface area (Å²) in [6.45, 7) is 4.96. The van der Waals surface area contributed by atoms with Gasteiger partial charge in [-0.1, -0.05) is 36.4 Å². The summed E-state index contributed by atoms with van der Waals surface area (Å²) in [4.78, 5) is 13.9. The van der Waals surface area contributed by atoms with E-state index >= 15 is 0 Å². The van der Waals surface area contributed by atoms with Crippen LogP contribution in [-0.2, 0) is 9.53 Å². The van der Waals surface area contributed by atoms with Crippen molar-refractivity contribution in [2.75, 3.05) is 31.2 Å². The Balaban J connectivity index is 1.96. The van der Waals surface area contributed by atoms with Gasteiger partial charge in [0, 0.05) is 30.8 Å². The van der Waals surface area contributed by atoms with E-state index in [2.05, 4.69) is 54.3 Å². The molecular formula is C18H21NO2. The maximum atomic E-state index is 11.6. The van der Waals surface area contributed by atoms with Gasteiger partial charge in [-0.15, -0.1) is 0 Å². The molecule has 1 heterocycles. The highest BCUT2D eigenvalue weighted by molar-refractivity contribution is 5.94. The number of hydrogen-bond donors (Lipinski definition) is 0. The molecular weight excluding hydrogens is 262 g/mol. The number of carbonyl (C=O) groups is 1. The zero-order chi connectivity index (χ0) is 14.7. The summed E-state index contributed by atoms with van der Waals surface area (Å²) in [5, 5.41) is 2.47. The molecule has 0 radical (unpaired) electrons. The van der Waals surface area contributed by atoms with Crippen LogP contribution in [0, 0.1) is 5.41 Å². The molecule has 1 unspecified atom stereocenters. The van der Waals surface area contributed by atoms with Crippen molar-refractivity contribution in [3.63, 3.8) is 0 Å². The van der Waals surface area contributed by atoms with Gasteiger partial charge in [0.05, 0.1) is 12.0 Å². The van der Waals surface area contributed by atoms with Crippen molar-refractivity contribution in [3.05, 3.63) is 42.5 Å². The summed E-state index contributed by atoms with van der Waals surface area (Å²) in [5.41, 5.74) is 0.844. The first kappa shape index (κ1) is 14.1. The summed E-state index contributed by atoms with van der Waals surface area (Å²) >= 11 is 0. The molecule has 2 aromatic carbocycles. The van der Waals surface area contributed by atoms with Crippen LogP contribution in [0.1, 0.15) is 13.3 Å². The average Bonchev–Trinajstić information content (AvgIpc) is 3.01. The Hall–Kier alpha value is -1.87. The van der Waals surface area contributed by atoms with Gasteiger partial charge in [-0.25, -0.2) is 0 Å². The molecule has 2 aromatic rings. The quantitative estimate of drug-likeness (QED) is 0.789. The van der Waals surface area contributed by atoms with E-state index in [1.165, 1.54) is 16.5 Å². The molecule has 1 fully saturated rings. The Morgan fingerprint density at radius 1 is 1.24 bits per heavy atom. The van der Waals surface area contributed by atoms with Crippen LogP contribution in [0.15, 0.2) is 42.5 Å². The number of benzene rings is 2. The van der Waals surface area contributed by atoms with Crippen LogP contribution in [0.3, 0.4) is 0 Å². The normalized spacial score (nSPS) is 21.6. The maximum absolute atomic E-state index is 11.6. The number of hydrogen-bond acceptors (Lipinski definition) is 3. The molecule has 3 nitrogen and oxygen atoms in total. The SMILES string of the molecule is CCN(CC1(C=O)CCOC1)c1cccc2ccccc12. The van der Waals surface area contributed by atoms with Crippen LogP contribution in [0.25, 0.3) is 10.8 Å². The summed E-state index contributed by atoms with van der Waals surface area (Å²) < 4.78 is 5.46. The molecule has 1 aliphatic heterocycles. The minimum atomic E-state index is -0.354. The maximum Gasteiger partial charge on any atom is 0.130 e. The first-order valence-electron chi connectivity index (χ1n) is 7.55. The van der Waals surface area contributed by atoms with Gasteiger partial charge in [0.2, 0.25) is 0 Å². The van der Waals surface area contributed by atoms with Gasteiger partial charge in [0.25, 0.3) is 0 Å². The third-order valence-electron chi connectivity index (χ3n) is 4.38. The van der Waals surface area contributed by atoms with Crippen LogP contribution >= 0.6 is 0 Å². The number of nitrogens with zero attached hydrogens (tertiary/aromatic N) is 1. The highest BCUT2D eigenvalue weighted by Gasteiger charge is 2.36. The predicted octanol–water partition coefficient (Wildman–Crippen LogP) is 3.27. The summed E-state index contributed by atoms with van der Waals surface area (Å²) in [7, 11) is 0. The topological polar surface area (TPSA) is 29.5 Å². The van der Waals surface area contributed by atoms with Gasteiger partial charge < -0.3 is 14.4 Å². The van der Waals surface area contributed by atoms with Crippen LogP contribution in [0.4, 0.5) is 5.69 Å². The lowest BCUT2D eigenvalue weighted by molar-refractivity contribution is -0.115. The van der Waals surface area contributed by atoms with E-state index < -0.39 is 0 Å². The Kier molecular flexibility index (Phi) is 3.93. The molecule has 0 aromatic heterocycles. The lowest BCUT2D eigenvalue weighted by atomic mass is 9.88. The fourth-order valence-corrected chi connectivity index (χ4v) is 3.11. The number of fused-ring (bicyclic) bond motifs is 1. The molecule has 110 valence electrons. The Morgan fingerprint density at radius 2 is 2.05 bits per heavy atom. The van der Waals surface area contributed by atoms with Crippen LogP contribution in [0.2, 0.25) is 0 Å². The van der Waals surface area contributed by atoms with Crippen LogP contribution in [0.5, 0.6) is 0 Å². The number of carbonyl (C=O) groups excluding carboxylic acids is 1. The zero-order valence-corrected chi connectivity index (χ0v) is 12.4. The lowest BCUT2D eigenvalue weighted by Crippen LogP contribution is -2.39. The first-order chi connectivity index (χ1) is 10.3. The highest BCUT2D eigenvalue weighted by atomic mass is 16.5. The number of ether oxygens (including phenoxy) is 1. The van der Waals surface area contributed by atoms with E-state index in [0.717, 1.165) is 25.8 Å². The van der Waals surface area contributed by atoms with Gasteiger partial charge in [-0.3, -0.25) is 0 Å². The standard InChI is InChI=1S/C18H21NO2/c1-2-19(12-18(13-20)10-11-21-14-18)17-9-5-7-15-6-3-4-8-16(15)17/h3-9,13H,2,10-12,14H2,1H3. The van der Waals surface area contributed by atoms with E-state index in [1.807, 2.05) is 0 Å². The fourth-order valence-electron chi connectivity index (χ4n) is 3.11. The van der Waals surface area contributed by atoms with E-state index in [-0.39, 0.29) is 5.41 Å². The Labute approximate surface area is 125 Å². The van der Waals surface area contributed by atoms with Crippen molar-refractivity contribution in [2.24, 2.45) is 5.41 Å². The predicted molar refractivity (Wildman–Crippen MR) is 85.8 cm³/mol.